The maximum absolute atomic E-state index is 13.0. The number of methoxy groups -OCH3 is 1. The fourth-order valence-corrected chi connectivity index (χ4v) is 4.76. The summed E-state index contributed by atoms with van der Waals surface area (Å²) < 4.78 is 5.52. The minimum Gasteiger partial charge on any atom is -0.496 e. The van der Waals surface area contributed by atoms with Crippen LogP contribution in [0.3, 0.4) is 0 Å². The summed E-state index contributed by atoms with van der Waals surface area (Å²) in [5.74, 6) is -0.510. The zero-order valence-electron chi connectivity index (χ0n) is 20.2. The molecule has 2 N–H and O–H groups in total. The second-order valence-corrected chi connectivity index (χ2v) is 9.30. The van der Waals surface area contributed by atoms with Crippen LogP contribution in [0, 0.1) is 13.8 Å². The first-order chi connectivity index (χ1) is 17.3. The van der Waals surface area contributed by atoms with Crippen LogP contribution in [0.4, 0.5) is 0 Å². The van der Waals surface area contributed by atoms with Gasteiger partial charge in [-0.2, -0.15) is 0 Å². The molecule has 0 saturated carbocycles. The van der Waals surface area contributed by atoms with Crippen molar-refractivity contribution in [2.45, 2.75) is 20.4 Å². The molecule has 1 heterocycles. The van der Waals surface area contributed by atoms with Crippen LogP contribution < -0.4 is 10.1 Å². The molecule has 0 atom stereocenters. The monoisotopic (exact) mass is 498 g/mol. The third-order valence-electron chi connectivity index (χ3n) is 5.66. The number of aromatic nitrogens is 1. The lowest BCUT2D eigenvalue weighted by Gasteiger charge is -2.12. The minimum absolute atomic E-state index is 0.184. The third kappa shape index (κ3) is 5.87. The number of carboxylic acid groups (broad SMARTS) is 1. The fraction of sp³-hybridized carbons (Fsp3) is 0.138. The number of hydrogen-bond donors (Lipinski definition) is 2. The van der Waals surface area contributed by atoms with Gasteiger partial charge in [0.15, 0.2) is 0 Å². The first-order valence-electron chi connectivity index (χ1n) is 11.3. The number of carboxylic acids is 1. The Hall–Kier alpha value is -4.23. The average molecular weight is 499 g/mol. The summed E-state index contributed by atoms with van der Waals surface area (Å²) in [5, 5.41) is 12.7. The number of nitrogens with zero attached hydrogens (tertiary/aromatic N) is 1. The Morgan fingerprint density at radius 1 is 1.00 bits per heavy atom. The molecule has 0 bridgehead atoms. The molecular formula is C29H26N2O4S. The predicted octanol–water partition coefficient (Wildman–Crippen LogP) is 6.13. The molecule has 36 heavy (non-hydrogen) atoms. The minimum atomic E-state index is -0.995. The molecule has 0 spiro atoms. The Kier molecular flexibility index (Phi) is 7.61. The molecule has 1 aromatic heterocycles. The van der Waals surface area contributed by atoms with Crippen LogP contribution in [-0.2, 0) is 11.3 Å². The van der Waals surface area contributed by atoms with E-state index in [0.29, 0.717) is 16.3 Å². The number of thiazole rings is 1. The lowest BCUT2D eigenvalue weighted by atomic mass is 10.00. The van der Waals surface area contributed by atoms with Crippen LogP contribution in [-0.4, -0.2) is 29.1 Å². The van der Waals surface area contributed by atoms with Crippen LogP contribution in [0.15, 0.2) is 72.8 Å². The van der Waals surface area contributed by atoms with Crippen LogP contribution >= 0.6 is 11.3 Å². The molecule has 0 fully saturated rings. The van der Waals surface area contributed by atoms with Crippen molar-refractivity contribution in [3.05, 3.63) is 100 Å². The van der Waals surface area contributed by atoms with Crippen molar-refractivity contribution in [2.24, 2.45) is 0 Å². The quantitative estimate of drug-likeness (QED) is 0.285. The number of rotatable bonds is 8. The van der Waals surface area contributed by atoms with Crippen LogP contribution in [0.2, 0.25) is 0 Å². The smallest absolute Gasteiger partial charge is 0.328 e. The highest BCUT2D eigenvalue weighted by atomic mass is 32.1. The number of hydrogen-bond acceptors (Lipinski definition) is 5. The highest BCUT2D eigenvalue weighted by Gasteiger charge is 2.17. The number of aliphatic carboxylic acids is 1. The van der Waals surface area contributed by atoms with Gasteiger partial charge in [-0.15, -0.1) is 11.3 Å². The number of benzene rings is 3. The Bertz CT molecular complexity index is 1440. The summed E-state index contributed by atoms with van der Waals surface area (Å²) in [6.07, 6.45) is 2.67. The zero-order chi connectivity index (χ0) is 25.7. The van der Waals surface area contributed by atoms with Gasteiger partial charge in [-0.3, -0.25) is 4.79 Å². The second-order valence-electron chi connectivity index (χ2n) is 8.31. The molecule has 0 unspecified atom stereocenters. The molecule has 0 aliphatic heterocycles. The topological polar surface area (TPSA) is 88.5 Å². The standard InChI is InChI=1S/C29H26N2O4S/c1-18-7-10-21(11-8-18)29-31-19(2)27(36-29)28(34)30-17-24-16-23(12-13-25(24)35-3)22-6-4-5-20(15-22)9-14-26(32)33/h4-16H,17H2,1-3H3,(H,30,34)(H,32,33). The largest absolute Gasteiger partial charge is 0.496 e. The summed E-state index contributed by atoms with van der Waals surface area (Å²) >= 11 is 1.38. The Morgan fingerprint density at radius 2 is 1.72 bits per heavy atom. The van der Waals surface area contributed by atoms with Crippen molar-refractivity contribution in [3.8, 4) is 27.4 Å². The summed E-state index contributed by atoms with van der Waals surface area (Å²) in [7, 11) is 1.60. The maximum atomic E-state index is 13.0. The molecule has 3 aromatic carbocycles. The van der Waals surface area contributed by atoms with Crippen LogP contribution in [0.5, 0.6) is 5.75 Å². The van der Waals surface area contributed by atoms with Gasteiger partial charge in [-0.1, -0.05) is 54.1 Å². The molecule has 0 saturated heterocycles. The lowest BCUT2D eigenvalue weighted by molar-refractivity contribution is -0.131. The van der Waals surface area contributed by atoms with E-state index in [1.54, 1.807) is 13.2 Å². The maximum Gasteiger partial charge on any atom is 0.328 e. The first-order valence-corrected chi connectivity index (χ1v) is 12.2. The molecule has 4 aromatic rings. The van der Waals surface area contributed by atoms with Gasteiger partial charge in [0.1, 0.15) is 15.6 Å². The van der Waals surface area contributed by atoms with Gasteiger partial charge in [0.2, 0.25) is 0 Å². The van der Waals surface area contributed by atoms with E-state index < -0.39 is 5.97 Å². The number of amides is 1. The Balaban J connectivity index is 1.53. The normalized spacial score (nSPS) is 11.0. The molecule has 182 valence electrons. The van der Waals surface area contributed by atoms with Gasteiger partial charge in [-0.05, 0) is 54.8 Å². The Labute approximate surface area is 213 Å². The average Bonchev–Trinajstić information content (AvgIpc) is 3.28. The van der Waals surface area contributed by atoms with Crippen molar-refractivity contribution in [1.29, 1.82) is 0 Å². The van der Waals surface area contributed by atoms with Crippen molar-refractivity contribution in [2.75, 3.05) is 7.11 Å². The predicted molar refractivity (Wildman–Crippen MR) is 143 cm³/mol. The molecule has 0 radical (unpaired) electrons. The number of carbonyl (C=O) groups is 2. The lowest BCUT2D eigenvalue weighted by Crippen LogP contribution is -2.22. The highest BCUT2D eigenvalue weighted by Crippen LogP contribution is 2.30. The van der Waals surface area contributed by atoms with Gasteiger partial charge in [-0.25, -0.2) is 9.78 Å². The van der Waals surface area contributed by atoms with Gasteiger partial charge >= 0.3 is 5.97 Å². The second kappa shape index (κ2) is 11.0. The molecule has 7 heteroatoms. The van der Waals surface area contributed by atoms with Crippen molar-refractivity contribution >= 4 is 29.3 Å². The van der Waals surface area contributed by atoms with E-state index in [1.165, 1.54) is 16.9 Å². The number of ether oxygens (including phenoxy) is 1. The van der Waals surface area contributed by atoms with E-state index in [4.69, 9.17) is 9.84 Å². The van der Waals surface area contributed by atoms with Crippen molar-refractivity contribution in [3.63, 3.8) is 0 Å². The highest BCUT2D eigenvalue weighted by molar-refractivity contribution is 7.17. The number of nitrogens with one attached hydrogen (secondary N) is 1. The summed E-state index contributed by atoms with van der Waals surface area (Å²) in [6, 6.07) is 21.4. The van der Waals surface area contributed by atoms with E-state index in [-0.39, 0.29) is 12.5 Å². The van der Waals surface area contributed by atoms with E-state index >= 15 is 0 Å². The third-order valence-corrected chi connectivity index (χ3v) is 6.86. The molecular weight excluding hydrogens is 472 g/mol. The van der Waals surface area contributed by atoms with Crippen LogP contribution in [0.25, 0.3) is 27.8 Å². The van der Waals surface area contributed by atoms with E-state index in [0.717, 1.165) is 38.9 Å². The van der Waals surface area contributed by atoms with Gasteiger partial charge < -0.3 is 15.2 Å². The number of carbonyl (C=O) groups excluding carboxylic acids is 1. The molecule has 4 rings (SSSR count). The van der Waals surface area contributed by atoms with Crippen LogP contribution in [0.1, 0.15) is 32.1 Å². The van der Waals surface area contributed by atoms with Gasteiger partial charge in [0, 0.05) is 23.7 Å². The van der Waals surface area contributed by atoms with E-state index in [2.05, 4.69) is 10.3 Å². The van der Waals surface area contributed by atoms with Crippen molar-refractivity contribution < 1.29 is 19.4 Å². The van der Waals surface area contributed by atoms with E-state index in [9.17, 15) is 9.59 Å². The summed E-state index contributed by atoms with van der Waals surface area (Å²) in [5.41, 5.74) is 6.33. The summed E-state index contributed by atoms with van der Waals surface area (Å²) in [6.45, 7) is 4.16. The van der Waals surface area contributed by atoms with E-state index in [1.807, 2.05) is 80.6 Å². The number of aryl methyl sites for hydroxylation is 2. The molecule has 6 nitrogen and oxygen atoms in total. The molecule has 0 aliphatic carbocycles. The molecule has 0 aliphatic rings. The Morgan fingerprint density at radius 3 is 2.44 bits per heavy atom. The fourth-order valence-electron chi connectivity index (χ4n) is 3.77. The van der Waals surface area contributed by atoms with Gasteiger partial charge in [0.05, 0.1) is 12.8 Å². The molecule has 1 amide bonds. The first kappa shape index (κ1) is 24.9. The SMILES string of the molecule is COc1ccc(-c2cccc(C=CC(=O)O)c2)cc1CNC(=O)c1sc(-c2ccc(C)cc2)nc1C. The van der Waals surface area contributed by atoms with Gasteiger partial charge in [0.25, 0.3) is 5.91 Å². The van der Waals surface area contributed by atoms with Crippen molar-refractivity contribution in [1.82, 2.24) is 10.3 Å². The zero-order valence-corrected chi connectivity index (χ0v) is 21.1. The summed E-state index contributed by atoms with van der Waals surface area (Å²) in [4.78, 5) is 29.0.